The molecule has 1 aromatic heterocycles. The summed E-state index contributed by atoms with van der Waals surface area (Å²) in [5, 5.41) is 8.66. The van der Waals surface area contributed by atoms with Gasteiger partial charge in [0, 0.05) is 24.9 Å². The standard InChI is InChI=1S/C16H20FN3OS/c1-2-7-18-8-9-19-16(21)14-11-22-15(20-14)10-12-3-5-13(17)6-4-12/h3-6,11,18H,2,7-10H2,1H3,(H,19,21). The molecule has 2 rings (SSSR count). The van der Waals surface area contributed by atoms with Gasteiger partial charge in [-0.1, -0.05) is 19.1 Å². The van der Waals surface area contributed by atoms with Crippen LogP contribution < -0.4 is 10.6 Å². The van der Waals surface area contributed by atoms with Crippen LogP contribution in [-0.4, -0.2) is 30.5 Å². The van der Waals surface area contributed by atoms with Gasteiger partial charge in [0.25, 0.3) is 5.91 Å². The lowest BCUT2D eigenvalue weighted by molar-refractivity contribution is 0.0949. The SMILES string of the molecule is CCCNCCNC(=O)c1csc(Cc2ccc(F)cc2)n1. The molecular formula is C16H20FN3OS. The van der Waals surface area contributed by atoms with E-state index in [1.807, 2.05) is 0 Å². The van der Waals surface area contributed by atoms with Crippen LogP contribution in [0.1, 0.15) is 34.4 Å². The zero-order chi connectivity index (χ0) is 15.8. The number of nitrogens with zero attached hydrogens (tertiary/aromatic N) is 1. The first-order valence-electron chi connectivity index (χ1n) is 7.37. The highest BCUT2D eigenvalue weighted by Crippen LogP contribution is 2.15. The molecule has 2 aromatic rings. The maximum absolute atomic E-state index is 12.9. The molecular weight excluding hydrogens is 301 g/mol. The number of benzene rings is 1. The zero-order valence-corrected chi connectivity index (χ0v) is 13.4. The molecule has 0 bridgehead atoms. The highest BCUT2D eigenvalue weighted by Gasteiger charge is 2.10. The van der Waals surface area contributed by atoms with Crippen LogP contribution in [0.25, 0.3) is 0 Å². The van der Waals surface area contributed by atoms with E-state index in [0.717, 1.165) is 30.1 Å². The minimum atomic E-state index is -0.250. The van der Waals surface area contributed by atoms with Gasteiger partial charge in [0.05, 0.1) is 5.01 Å². The molecule has 0 radical (unpaired) electrons. The molecule has 0 saturated heterocycles. The van der Waals surface area contributed by atoms with Crippen molar-refractivity contribution >= 4 is 17.2 Å². The molecule has 0 aliphatic heterocycles. The Hall–Kier alpha value is -1.79. The van der Waals surface area contributed by atoms with Gasteiger partial charge in [0.1, 0.15) is 11.5 Å². The number of carbonyl (C=O) groups excluding carboxylic acids is 1. The molecule has 0 unspecified atom stereocenters. The second-order valence-electron chi connectivity index (χ2n) is 4.94. The molecule has 6 heteroatoms. The monoisotopic (exact) mass is 321 g/mol. The second-order valence-corrected chi connectivity index (χ2v) is 5.88. The van der Waals surface area contributed by atoms with E-state index in [2.05, 4.69) is 22.5 Å². The summed E-state index contributed by atoms with van der Waals surface area (Å²) in [6.07, 6.45) is 1.68. The van der Waals surface area contributed by atoms with E-state index in [0.29, 0.717) is 18.7 Å². The molecule has 1 aromatic carbocycles. The Labute approximate surface area is 133 Å². The summed E-state index contributed by atoms with van der Waals surface area (Å²) in [5.41, 5.74) is 1.42. The third-order valence-electron chi connectivity index (χ3n) is 3.07. The van der Waals surface area contributed by atoms with Crippen LogP contribution in [0.2, 0.25) is 0 Å². The molecule has 0 spiro atoms. The van der Waals surface area contributed by atoms with Crippen molar-refractivity contribution in [2.45, 2.75) is 19.8 Å². The van der Waals surface area contributed by atoms with Gasteiger partial charge >= 0.3 is 0 Å². The Kier molecular flexibility index (Phi) is 6.48. The summed E-state index contributed by atoms with van der Waals surface area (Å²) in [6.45, 7) is 4.40. The van der Waals surface area contributed by atoms with Gasteiger partial charge < -0.3 is 10.6 Å². The molecule has 0 atom stereocenters. The van der Waals surface area contributed by atoms with Gasteiger partial charge in [0.2, 0.25) is 0 Å². The summed E-state index contributed by atoms with van der Waals surface area (Å²) in [6, 6.07) is 6.32. The van der Waals surface area contributed by atoms with Crippen LogP contribution >= 0.6 is 11.3 Å². The van der Waals surface area contributed by atoms with E-state index in [-0.39, 0.29) is 11.7 Å². The van der Waals surface area contributed by atoms with E-state index in [9.17, 15) is 9.18 Å². The molecule has 0 aliphatic rings. The van der Waals surface area contributed by atoms with E-state index < -0.39 is 0 Å². The van der Waals surface area contributed by atoms with E-state index in [1.165, 1.54) is 23.5 Å². The number of thiazole rings is 1. The largest absolute Gasteiger partial charge is 0.349 e. The van der Waals surface area contributed by atoms with Crippen molar-refractivity contribution in [1.29, 1.82) is 0 Å². The first kappa shape index (κ1) is 16.6. The lowest BCUT2D eigenvalue weighted by atomic mass is 10.1. The van der Waals surface area contributed by atoms with Gasteiger partial charge in [-0.25, -0.2) is 9.37 Å². The van der Waals surface area contributed by atoms with Gasteiger partial charge in [-0.15, -0.1) is 11.3 Å². The minimum Gasteiger partial charge on any atom is -0.349 e. The summed E-state index contributed by atoms with van der Waals surface area (Å²) < 4.78 is 12.9. The van der Waals surface area contributed by atoms with E-state index >= 15 is 0 Å². The average Bonchev–Trinajstić information content (AvgIpc) is 2.98. The normalized spacial score (nSPS) is 10.6. The highest BCUT2D eigenvalue weighted by molar-refractivity contribution is 7.09. The number of hydrogen-bond acceptors (Lipinski definition) is 4. The first-order chi connectivity index (χ1) is 10.7. The molecule has 1 heterocycles. The zero-order valence-electron chi connectivity index (χ0n) is 12.6. The lowest BCUT2D eigenvalue weighted by Gasteiger charge is -2.04. The van der Waals surface area contributed by atoms with Crippen LogP contribution in [0.4, 0.5) is 4.39 Å². The summed E-state index contributed by atoms with van der Waals surface area (Å²) >= 11 is 1.44. The lowest BCUT2D eigenvalue weighted by Crippen LogP contribution is -2.32. The van der Waals surface area contributed by atoms with E-state index in [4.69, 9.17) is 0 Å². The fraction of sp³-hybridized carbons (Fsp3) is 0.375. The average molecular weight is 321 g/mol. The van der Waals surface area contributed by atoms with Gasteiger partial charge in [-0.05, 0) is 30.7 Å². The van der Waals surface area contributed by atoms with Crippen molar-refractivity contribution in [2.75, 3.05) is 19.6 Å². The van der Waals surface area contributed by atoms with Gasteiger partial charge in [0.15, 0.2) is 0 Å². The van der Waals surface area contributed by atoms with Crippen molar-refractivity contribution < 1.29 is 9.18 Å². The first-order valence-corrected chi connectivity index (χ1v) is 8.24. The van der Waals surface area contributed by atoms with Crippen molar-refractivity contribution in [1.82, 2.24) is 15.6 Å². The maximum atomic E-state index is 12.9. The van der Waals surface area contributed by atoms with Crippen molar-refractivity contribution in [3.05, 3.63) is 51.7 Å². The summed E-state index contributed by atoms with van der Waals surface area (Å²) in [7, 11) is 0. The van der Waals surface area contributed by atoms with Crippen LogP contribution in [-0.2, 0) is 6.42 Å². The number of aromatic nitrogens is 1. The Balaban J connectivity index is 1.82. The molecule has 1 amide bonds. The molecule has 0 fully saturated rings. The third kappa shape index (κ3) is 5.20. The number of amides is 1. The number of halogens is 1. The predicted octanol–water partition coefficient (Wildman–Crippen LogP) is 2.60. The van der Waals surface area contributed by atoms with Crippen LogP contribution in [0.5, 0.6) is 0 Å². The van der Waals surface area contributed by atoms with Crippen molar-refractivity contribution in [3.63, 3.8) is 0 Å². The minimum absolute atomic E-state index is 0.153. The fourth-order valence-corrected chi connectivity index (χ4v) is 2.74. The van der Waals surface area contributed by atoms with Crippen LogP contribution in [0, 0.1) is 5.82 Å². The Morgan fingerprint density at radius 2 is 2.00 bits per heavy atom. The van der Waals surface area contributed by atoms with Crippen LogP contribution in [0.3, 0.4) is 0 Å². The smallest absolute Gasteiger partial charge is 0.270 e. The number of nitrogens with one attached hydrogen (secondary N) is 2. The quantitative estimate of drug-likeness (QED) is 0.735. The summed E-state index contributed by atoms with van der Waals surface area (Å²) in [5.74, 6) is -0.403. The number of rotatable bonds is 8. The third-order valence-corrected chi connectivity index (χ3v) is 3.92. The Morgan fingerprint density at radius 1 is 1.23 bits per heavy atom. The molecule has 2 N–H and O–H groups in total. The van der Waals surface area contributed by atoms with Gasteiger partial charge in [-0.3, -0.25) is 4.79 Å². The summed E-state index contributed by atoms with van der Waals surface area (Å²) in [4.78, 5) is 16.3. The molecule has 118 valence electrons. The van der Waals surface area contributed by atoms with Crippen LogP contribution in [0.15, 0.2) is 29.6 Å². The van der Waals surface area contributed by atoms with Gasteiger partial charge in [-0.2, -0.15) is 0 Å². The van der Waals surface area contributed by atoms with Crippen molar-refractivity contribution in [3.8, 4) is 0 Å². The molecule has 0 aliphatic carbocycles. The predicted molar refractivity (Wildman–Crippen MR) is 86.8 cm³/mol. The second kappa shape index (κ2) is 8.60. The fourth-order valence-electron chi connectivity index (χ4n) is 1.93. The number of hydrogen-bond donors (Lipinski definition) is 2. The molecule has 4 nitrogen and oxygen atoms in total. The highest BCUT2D eigenvalue weighted by atomic mass is 32.1. The van der Waals surface area contributed by atoms with Crippen molar-refractivity contribution in [2.24, 2.45) is 0 Å². The Bertz CT molecular complexity index is 598. The van der Waals surface area contributed by atoms with E-state index in [1.54, 1.807) is 17.5 Å². The molecule has 22 heavy (non-hydrogen) atoms. The molecule has 0 saturated carbocycles. The topological polar surface area (TPSA) is 54.0 Å². The number of carbonyl (C=O) groups is 1. The maximum Gasteiger partial charge on any atom is 0.270 e. The Morgan fingerprint density at radius 3 is 2.73 bits per heavy atom.